The van der Waals surface area contributed by atoms with Crippen molar-refractivity contribution in [1.82, 2.24) is 14.5 Å². The van der Waals surface area contributed by atoms with E-state index >= 15 is 0 Å². The van der Waals surface area contributed by atoms with Crippen LogP contribution in [0.25, 0.3) is 16.6 Å². The monoisotopic (exact) mass is 531 g/mol. The predicted molar refractivity (Wildman–Crippen MR) is 159 cm³/mol. The summed E-state index contributed by atoms with van der Waals surface area (Å²) in [6.07, 6.45) is 1.56. The third-order valence-electron chi connectivity index (χ3n) is 7.31. The highest BCUT2D eigenvalue weighted by molar-refractivity contribution is 5.95. The number of carbonyl (C=O) groups is 1. The molecule has 4 aromatic carbocycles. The summed E-state index contributed by atoms with van der Waals surface area (Å²) < 4.78 is 7.04. The third-order valence-corrected chi connectivity index (χ3v) is 7.31. The molecular formula is C34H33N3O3. The summed E-state index contributed by atoms with van der Waals surface area (Å²) in [5, 5.41) is 0.535. The number of carbonyl (C=O) groups excluding carboxylic acids is 1. The maximum atomic E-state index is 14.1. The van der Waals surface area contributed by atoms with Gasteiger partial charge < -0.3 is 9.64 Å². The molecule has 1 unspecified atom stereocenters. The van der Waals surface area contributed by atoms with E-state index in [2.05, 4.69) is 19.1 Å². The van der Waals surface area contributed by atoms with Crippen molar-refractivity contribution in [1.29, 1.82) is 0 Å². The predicted octanol–water partition coefficient (Wildman–Crippen LogP) is 6.40. The summed E-state index contributed by atoms with van der Waals surface area (Å²) in [6, 6.07) is 32.0. The summed E-state index contributed by atoms with van der Waals surface area (Å²) in [5.74, 6) is 0.966. The topological polar surface area (TPSA) is 64.4 Å². The molecule has 0 radical (unpaired) electrons. The van der Waals surface area contributed by atoms with E-state index in [0.29, 0.717) is 41.0 Å². The molecule has 0 fully saturated rings. The summed E-state index contributed by atoms with van der Waals surface area (Å²) in [4.78, 5) is 34.8. The molecule has 202 valence electrons. The molecule has 0 saturated carbocycles. The maximum Gasteiger partial charge on any atom is 0.266 e. The van der Waals surface area contributed by atoms with Crippen LogP contribution in [-0.2, 0) is 12.8 Å². The number of aryl methyl sites for hydroxylation is 1. The Hall–Kier alpha value is -4.71. The summed E-state index contributed by atoms with van der Waals surface area (Å²) in [6.45, 7) is 4.48. The van der Waals surface area contributed by atoms with Gasteiger partial charge in [0, 0.05) is 12.1 Å². The Balaban J connectivity index is 1.64. The highest BCUT2D eigenvalue weighted by Gasteiger charge is 2.28. The number of para-hydroxylation sites is 1. The van der Waals surface area contributed by atoms with Gasteiger partial charge in [0.15, 0.2) is 0 Å². The average molecular weight is 532 g/mol. The van der Waals surface area contributed by atoms with Gasteiger partial charge in [-0.25, -0.2) is 4.98 Å². The summed E-state index contributed by atoms with van der Waals surface area (Å²) in [5.41, 5.74) is 3.98. The van der Waals surface area contributed by atoms with Crippen LogP contribution in [0.3, 0.4) is 0 Å². The van der Waals surface area contributed by atoms with E-state index in [4.69, 9.17) is 9.72 Å². The largest absolute Gasteiger partial charge is 0.497 e. The molecule has 1 aromatic heterocycles. The number of nitrogens with zero attached hydrogens (tertiary/aromatic N) is 3. The van der Waals surface area contributed by atoms with E-state index in [-0.39, 0.29) is 11.5 Å². The molecule has 6 heteroatoms. The first kappa shape index (κ1) is 26.9. The molecule has 0 N–H and O–H groups in total. The lowest BCUT2D eigenvalue weighted by Crippen LogP contribution is -2.38. The van der Waals surface area contributed by atoms with Crippen LogP contribution >= 0.6 is 0 Å². The number of methoxy groups -OCH3 is 1. The first-order valence-electron chi connectivity index (χ1n) is 13.6. The molecule has 0 aliphatic heterocycles. The maximum absolute atomic E-state index is 14.1. The molecule has 1 amide bonds. The minimum atomic E-state index is -0.509. The van der Waals surface area contributed by atoms with E-state index in [0.717, 1.165) is 17.7 Å². The SMILES string of the molecule is CCc1ccc(-n2c(C(C)N(CCc3ccccc3)C(=O)c3cccc(OC)c3)nc3ccccc3c2=O)cc1. The second-order valence-corrected chi connectivity index (χ2v) is 9.79. The van der Waals surface area contributed by atoms with Gasteiger partial charge in [0.2, 0.25) is 0 Å². The van der Waals surface area contributed by atoms with Crippen molar-refractivity contribution in [3.8, 4) is 11.4 Å². The molecule has 5 aromatic rings. The van der Waals surface area contributed by atoms with Crippen LogP contribution in [0.15, 0.2) is 108 Å². The van der Waals surface area contributed by atoms with E-state index in [1.165, 1.54) is 5.56 Å². The second kappa shape index (κ2) is 12.0. The van der Waals surface area contributed by atoms with Crippen molar-refractivity contribution in [2.45, 2.75) is 32.7 Å². The van der Waals surface area contributed by atoms with Crippen LogP contribution < -0.4 is 10.3 Å². The number of aromatic nitrogens is 2. The van der Waals surface area contributed by atoms with Crippen LogP contribution in [0.5, 0.6) is 5.75 Å². The minimum absolute atomic E-state index is 0.155. The van der Waals surface area contributed by atoms with Crippen molar-refractivity contribution < 1.29 is 9.53 Å². The lowest BCUT2D eigenvalue weighted by Gasteiger charge is -2.31. The smallest absolute Gasteiger partial charge is 0.266 e. The molecule has 0 bridgehead atoms. The van der Waals surface area contributed by atoms with Crippen molar-refractivity contribution in [2.24, 2.45) is 0 Å². The Kier molecular flexibility index (Phi) is 8.06. The highest BCUT2D eigenvalue weighted by Crippen LogP contribution is 2.26. The fourth-order valence-corrected chi connectivity index (χ4v) is 4.99. The normalized spacial score (nSPS) is 11.8. The lowest BCUT2D eigenvalue weighted by molar-refractivity contribution is 0.0683. The zero-order valence-corrected chi connectivity index (χ0v) is 23.1. The van der Waals surface area contributed by atoms with Gasteiger partial charge in [0.05, 0.1) is 29.7 Å². The number of fused-ring (bicyclic) bond motifs is 1. The second-order valence-electron chi connectivity index (χ2n) is 9.79. The van der Waals surface area contributed by atoms with Gasteiger partial charge in [0.25, 0.3) is 11.5 Å². The van der Waals surface area contributed by atoms with E-state index in [9.17, 15) is 9.59 Å². The molecule has 0 aliphatic carbocycles. The molecule has 0 saturated heterocycles. The van der Waals surface area contributed by atoms with Crippen molar-refractivity contribution in [2.75, 3.05) is 13.7 Å². The quantitative estimate of drug-likeness (QED) is 0.221. The Morgan fingerprint density at radius 3 is 2.35 bits per heavy atom. The van der Waals surface area contributed by atoms with Gasteiger partial charge >= 0.3 is 0 Å². The molecule has 0 spiro atoms. The molecule has 40 heavy (non-hydrogen) atoms. The fraction of sp³-hybridized carbons (Fsp3) is 0.206. The number of benzene rings is 4. The third kappa shape index (κ3) is 5.52. The minimum Gasteiger partial charge on any atom is -0.497 e. The molecule has 1 atom stereocenters. The lowest BCUT2D eigenvalue weighted by atomic mass is 10.1. The number of rotatable bonds is 9. The molecule has 0 aliphatic rings. The van der Waals surface area contributed by atoms with Crippen molar-refractivity contribution in [3.63, 3.8) is 0 Å². The van der Waals surface area contributed by atoms with Crippen LogP contribution in [0.1, 0.15) is 47.2 Å². The molecule has 5 rings (SSSR count). The number of hydrogen-bond acceptors (Lipinski definition) is 4. The summed E-state index contributed by atoms with van der Waals surface area (Å²) in [7, 11) is 1.58. The van der Waals surface area contributed by atoms with Crippen LogP contribution in [0, 0.1) is 0 Å². The molecule has 1 heterocycles. The van der Waals surface area contributed by atoms with Gasteiger partial charge in [-0.15, -0.1) is 0 Å². The van der Waals surface area contributed by atoms with E-state index in [1.807, 2.05) is 79.7 Å². The van der Waals surface area contributed by atoms with E-state index < -0.39 is 6.04 Å². The number of ether oxygens (including phenoxy) is 1. The van der Waals surface area contributed by atoms with Gasteiger partial charge in [-0.1, -0.05) is 67.6 Å². The average Bonchev–Trinajstić information content (AvgIpc) is 3.01. The van der Waals surface area contributed by atoms with Gasteiger partial charge in [-0.05, 0) is 73.4 Å². The molecule has 6 nitrogen and oxygen atoms in total. The standard InChI is InChI=1S/C34H33N3O3/c1-4-25-17-19-28(20-18-25)37-32(35-31-16-9-8-15-30(31)34(37)39)24(2)36(22-21-26-11-6-5-7-12-26)33(38)27-13-10-14-29(23-27)40-3/h5-20,23-24H,4,21-22H2,1-3H3. The Labute approximate surface area is 234 Å². The zero-order valence-electron chi connectivity index (χ0n) is 23.1. The van der Waals surface area contributed by atoms with Gasteiger partial charge in [-0.2, -0.15) is 0 Å². The van der Waals surface area contributed by atoms with Crippen LogP contribution in [0.4, 0.5) is 0 Å². The Morgan fingerprint density at radius 1 is 0.900 bits per heavy atom. The Morgan fingerprint density at radius 2 is 1.62 bits per heavy atom. The van der Waals surface area contributed by atoms with Gasteiger partial charge in [0.1, 0.15) is 11.6 Å². The number of hydrogen-bond donors (Lipinski definition) is 0. The van der Waals surface area contributed by atoms with Crippen LogP contribution in [-0.4, -0.2) is 34.0 Å². The van der Waals surface area contributed by atoms with Crippen molar-refractivity contribution >= 4 is 16.8 Å². The van der Waals surface area contributed by atoms with Gasteiger partial charge in [-0.3, -0.25) is 14.2 Å². The zero-order chi connectivity index (χ0) is 28.1. The first-order chi connectivity index (χ1) is 19.5. The fourth-order valence-electron chi connectivity index (χ4n) is 4.99. The Bertz CT molecular complexity index is 1680. The van der Waals surface area contributed by atoms with E-state index in [1.54, 1.807) is 34.8 Å². The molecular weight excluding hydrogens is 498 g/mol. The van der Waals surface area contributed by atoms with Crippen molar-refractivity contribution in [3.05, 3.63) is 136 Å². The number of amides is 1. The van der Waals surface area contributed by atoms with Crippen LogP contribution in [0.2, 0.25) is 0 Å². The first-order valence-corrected chi connectivity index (χ1v) is 13.6. The highest BCUT2D eigenvalue weighted by atomic mass is 16.5. The summed E-state index contributed by atoms with van der Waals surface area (Å²) >= 11 is 0.